The Balaban J connectivity index is 3.04. The van der Waals surface area contributed by atoms with E-state index in [1.807, 2.05) is 0 Å². The minimum atomic E-state index is -4.83. The Hall–Kier alpha value is -0.920. The minimum Gasteiger partial charge on any atom is -0.244 e. The molecule has 0 aliphatic heterocycles. The van der Waals surface area contributed by atoms with Crippen molar-refractivity contribution in [3.8, 4) is 0 Å². The standard InChI is InChI=1S/C6H5ClF5N3/c7-2-15-3-13-4(14-15)6(11,12)5(9,10)1-8/h3H,1-2H2. The molecule has 0 aliphatic rings. The third kappa shape index (κ3) is 2.04. The van der Waals surface area contributed by atoms with Crippen molar-refractivity contribution in [2.45, 2.75) is 17.8 Å². The maximum Gasteiger partial charge on any atom is 0.372 e. The maximum absolute atomic E-state index is 12.9. The molecule has 0 radical (unpaired) electrons. The van der Waals surface area contributed by atoms with Gasteiger partial charge in [0.2, 0.25) is 5.82 Å². The van der Waals surface area contributed by atoms with Crippen molar-refractivity contribution in [2.75, 3.05) is 6.67 Å². The van der Waals surface area contributed by atoms with Crippen LogP contribution in [0.3, 0.4) is 0 Å². The number of halogens is 6. The smallest absolute Gasteiger partial charge is 0.244 e. The summed E-state index contributed by atoms with van der Waals surface area (Å²) < 4.78 is 63.2. The van der Waals surface area contributed by atoms with E-state index in [2.05, 4.69) is 10.1 Å². The van der Waals surface area contributed by atoms with E-state index in [0.29, 0.717) is 0 Å². The molecule has 0 bridgehead atoms. The first-order valence-corrected chi connectivity index (χ1v) is 4.16. The lowest BCUT2D eigenvalue weighted by Crippen LogP contribution is -2.40. The fourth-order valence-corrected chi connectivity index (χ4v) is 0.859. The van der Waals surface area contributed by atoms with Crippen LogP contribution >= 0.6 is 11.6 Å². The Morgan fingerprint density at radius 1 is 1.33 bits per heavy atom. The predicted molar refractivity (Wildman–Crippen MR) is 40.7 cm³/mol. The molecule has 0 amide bonds. The van der Waals surface area contributed by atoms with Gasteiger partial charge in [0.15, 0.2) is 6.67 Å². The summed E-state index contributed by atoms with van der Waals surface area (Å²) in [4.78, 5) is 2.94. The van der Waals surface area contributed by atoms with Gasteiger partial charge in [-0.25, -0.2) is 14.1 Å². The average Bonchev–Trinajstić information content (AvgIpc) is 2.66. The van der Waals surface area contributed by atoms with Crippen molar-refractivity contribution in [1.29, 1.82) is 0 Å². The van der Waals surface area contributed by atoms with Crippen molar-refractivity contribution in [1.82, 2.24) is 14.8 Å². The quantitative estimate of drug-likeness (QED) is 0.605. The zero-order valence-corrected chi connectivity index (χ0v) is 7.86. The van der Waals surface area contributed by atoms with Gasteiger partial charge in [-0.05, 0) is 0 Å². The summed E-state index contributed by atoms with van der Waals surface area (Å²) in [6.07, 6.45) is 0.755. The van der Waals surface area contributed by atoms with Crippen LogP contribution in [0.4, 0.5) is 22.0 Å². The van der Waals surface area contributed by atoms with E-state index in [0.717, 1.165) is 11.0 Å². The normalized spacial score (nSPS) is 13.2. The summed E-state index contributed by atoms with van der Waals surface area (Å²) in [5, 5.41) is 2.99. The van der Waals surface area contributed by atoms with Gasteiger partial charge >= 0.3 is 11.8 Å². The molecule has 86 valence electrons. The molecule has 0 atom stereocenters. The largest absolute Gasteiger partial charge is 0.372 e. The van der Waals surface area contributed by atoms with E-state index < -0.39 is 24.3 Å². The van der Waals surface area contributed by atoms with Crippen LogP contribution in [0.1, 0.15) is 5.82 Å². The van der Waals surface area contributed by atoms with Crippen LogP contribution < -0.4 is 0 Å². The second-order valence-corrected chi connectivity index (χ2v) is 2.88. The number of hydrogen-bond donors (Lipinski definition) is 0. The van der Waals surface area contributed by atoms with Gasteiger partial charge in [0.25, 0.3) is 0 Å². The van der Waals surface area contributed by atoms with Crippen molar-refractivity contribution in [3.05, 3.63) is 12.2 Å². The van der Waals surface area contributed by atoms with Gasteiger partial charge < -0.3 is 0 Å². The van der Waals surface area contributed by atoms with Gasteiger partial charge in [-0.1, -0.05) is 0 Å². The lowest BCUT2D eigenvalue weighted by atomic mass is 10.2. The first-order valence-electron chi connectivity index (χ1n) is 3.62. The molecule has 1 heterocycles. The van der Waals surface area contributed by atoms with E-state index in [1.165, 1.54) is 0 Å². The van der Waals surface area contributed by atoms with Crippen molar-refractivity contribution >= 4 is 11.6 Å². The molecule has 0 aliphatic carbocycles. The summed E-state index contributed by atoms with van der Waals surface area (Å²) in [5.74, 6) is -11.0. The molecule has 15 heavy (non-hydrogen) atoms. The van der Waals surface area contributed by atoms with Gasteiger partial charge in [-0.3, -0.25) is 0 Å². The SMILES string of the molecule is FCC(F)(F)C(F)(F)c1ncn(CCl)n1. The molecule has 1 aromatic rings. The van der Waals surface area contributed by atoms with Gasteiger partial charge in [-0.15, -0.1) is 16.7 Å². The number of rotatable bonds is 4. The fraction of sp³-hybridized carbons (Fsp3) is 0.667. The highest BCUT2D eigenvalue weighted by Gasteiger charge is 2.60. The minimum absolute atomic E-state index is 0.315. The number of aromatic nitrogens is 3. The summed E-state index contributed by atoms with van der Waals surface area (Å²) in [6, 6.07) is -0.315. The van der Waals surface area contributed by atoms with Gasteiger partial charge in [0.1, 0.15) is 12.3 Å². The van der Waals surface area contributed by atoms with Crippen molar-refractivity contribution in [3.63, 3.8) is 0 Å². The molecule has 0 saturated carbocycles. The second-order valence-electron chi connectivity index (χ2n) is 2.64. The van der Waals surface area contributed by atoms with Crippen LogP contribution in [0, 0.1) is 0 Å². The molecule has 0 saturated heterocycles. The number of hydrogen-bond acceptors (Lipinski definition) is 2. The highest BCUT2D eigenvalue weighted by atomic mass is 35.5. The Morgan fingerprint density at radius 3 is 2.33 bits per heavy atom. The Bertz CT molecular complexity index is 339. The summed E-state index contributed by atoms with van der Waals surface area (Å²) in [7, 11) is 0. The van der Waals surface area contributed by atoms with Crippen LogP contribution in [-0.2, 0) is 11.9 Å². The zero-order chi connectivity index (χ0) is 11.7. The summed E-state index contributed by atoms with van der Waals surface area (Å²) >= 11 is 5.19. The molecule has 0 N–H and O–H groups in total. The van der Waals surface area contributed by atoms with Gasteiger partial charge in [-0.2, -0.15) is 17.6 Å². The molecule has 9 heteroatoms. The maximum atomic E-state index is 12.9. The van der Waals surface area contributed by atoms with E-state index in [9.17, 15) is 22.0 Å². The first-order chi connectivity index (χ1) is 6.85. The molecule has 0 unspecified atom stereocenters. The van der Waals surface area contributed by atoms with Crippen LogP contribution in [0.15, 0.2) is 6.33 Å². The van der Waals surface area contributed by atoms with E-state index in [1.54, 1.807) is 0 Å². The lowest BCUT2D eigenvalue weighted by molar-refractivity contribution is -0.226. The molecule has 1 aromatic heterocycles. The number of alkyl halides is 6. The van der Waals surface area contributed by atoms with Crippen LogP contribution in [0.5, 0.6) is 0 Å². The molecule has 1 rings (SSSR count). The monoisotopic (exact) mass is 249 g/mol. The average molecular weight is 250 g/mol. The van der Waals surface area contributed by atoms with Gasteiger partial charge in [0.05, 0.1) is 0 Å². The Kier molecular flexibility index (Phi) is 3.17. The third-order valence-corrected chi connectivity index (χ3v) is 1.81. The first kappa shape index (κ1) is 12.2. The van der Waals surface area contributed by atoms with Crippen LogP contribution in [0.2, 0.25) is 0 Å². The Labute approximate surface area is 85.8 Å². The van der Waals surface area contributed by atoms with E-state index in [4.69, 9.17) is 11.6 Å². The van der Waals surface area contributed by atoms with Gasteiger partial charge in [0, 0.05) is 0 Å². The van der Waals surface area contributed by atoms with E-state index in [-0.39, 0.29) is 6.00 Å². The zero-order valence-electron chi connectivity index (χ0n) is 7.10. The van der Waals surface area contributed by atoms with Crippen molar-refractivity contribution in [2.24, 2.45) is 0 Å². The topological polar surface area (TPSA) is 30.7 Å². The highest BCUT2D eigenvalue weighted by Crippen LogP contribution is 2.41. The molecule has 0 spiro atoms. The second kappa shape index (κ2) is 3.92. The highest BCUT2D eigenvalue weighted by molar-refractivity contribution is 6.15. The third-order valence-electron chi connectivity index (χ3n) is 1.57. The summed E-state index contributed by atoms with van der Waals surface area (Å²) in [6.45, 7) is -2.49. The van der Waals surface area contributed by atoms with Crippen molar-refractivity contribution < 1.29 is 22.0 Å². The van der Waals surface area contributed by atoms with E-state index >= 15 is 0 Å². The van der Waals surface area contributed by atoms with Crippen LogP contribution in [0.25, 0.3) is 0 Å². The van der Waals surface area contributed by atoms with Crippen LogP contribution in [-0.4, -0.2) is 27.4 Å². The molecule has 3 nitrogen and oxygen atoms in total. The molecular formula is C6H5ClF5N3. The molecular weight excluding hydrogens is 245 g/mol. The lowest BCUT2D eigenvalue weighted by Gasteiger charge is -2.20. The predicted octanol–water partition coefficient (Wildman–Crippen LogP) is 2.17. The fourth-order valence-electron chi connectivity index (χ4n) is 0.744. The molecule has 0 aromatic carbocycles. The Morgan fingerprint density at radius 2 is 1.93 bits per heavy atom. The number of nitrogens with zero attached hydrogens (tertiary/aromatic N) is 3. The summed E-state index contributed by atoms with van der Waals surface area (Å²) in [5.41, 5.74) is 0. The molecule has 0 fully saturated rings.